The second-order valence-electron chi connectivity index (χ2n) is 6.00. The fraction of sp³-hybridized carbons (Fsp3) is 0.0952. The van der Waals surface area contributed by atoms with Crippen LogP contribution in [0.15, 0.2) is 77.5 Å². The lowest BCUT2D eigenvalue weighted by Gasteiger charge is -2.15. The lowest BCUT2D eigenvalue weighted by Crippen LogP contribution is -2.27. The number of nitrogens with zero attached hydrogens (tertiary/aromatic N) is 2. The van der Waals surface area contributed by atoms with Crippen molar-refractivity contribution < 1.29 is 9.21 Å². The van der Waals surface area contributed by atoms with Crippen molar-refractivity contribution in [1.29, 1.82) is 0 Å². The van der Waals surface area contributed by atoms with E-state index in [-0.39, 0.29) is 11.9 Å². The molecule has 5 nitrogen and oxygen atoms in total. The van der Waals surface area contributed by atoms with Crippen LogP contribution in [0.2, 0.25) is 0 Å². The molecule has 128 valence electrons. The van der Waals surface area contributed by atoms with Gasteiger partial charge in [-0.05, 0) is 43.3 Å². The number of benzene rings is 1. The van der Waals surface area contributed by atoms with E-state index in [0.717, 1.165) is 16.6 Å². The molecule has 3 aromatic heterocycles. The molecule has 4 aromatic rings. The average Bonchev–Trinajstić information content (AvgIpc) is 3.22. The monoisotopic (exact) mass is 343 g/mol. The number of carbonyl (C=O) groups excluding carboxylic acids is 1. The van der Waals surface area contributed by atoms with E-state index in [1.807, 2.05) is 55.5 Å². The highest BCUT2D eigenvalue weighted by molar-refractivity contribution is 6.07. The predicted octanol–water partition coefficient (Wildman–Crippen LogP) is 4.38. The molecule has 0 saturated heterocycles. The Labute approximate surface area is 150 Å². The number of hydrogen-bond donors (Lipinski definition) is 1. The van der Waals surface area contributed by atoms with Gasteiger partial charge in [0, 0.05) is 11.6 Å². The zero-order chi connectivity index (χ0) is 17.9. The Morgan fingerprint density at radius 1 is 1.08 bits per heavy atom. The minimum Gasteiger partial charge on any atom is -0.463 e. The largest absolute Gasteiger partial charge is 0.463 e. The summed E-state index contributed by atoms with van der Waals surface area (Å²) in [5.41, 5.74) is 2.75. The van der Waals surface area contributed by atoms with Gasteiger partial charge < -0.3 is 9.73 Å². The number of carbonyl (C=O) groups is 1. The van der Waals surface area contributed by atoms with Gasteiger partial charge in [0.25, 0.3) is 5.91 Å². The topological polar surface area (TPSA) is 68.0 Å². The number of nitrogens with one attached hydrogen (secondary N) is 1. The van der Waals surface area contributed by atoms with Gasteiger partial charge in [-0.1, -0.05) is 24.3 Å². The van der Waals surface area contributed by atoms with Crippen molar-refractivity contribution >= 4 is 16.8 Å². The van der Waals surface area contributed by atoms with Crippen LogP contribution in [0.1, 0.15) is 29.0 Å². The number of pyridine rings is 2. The molecule has 0 saturated carbocycles. The first kappa shape index (κ1) is 16.0. The summed E-state index contributed by atoms with van der Waals surface area (Å²) >= 11 is 0. The number of rotatable bonds is 4. The third-order valence-corrected chi connectivity index (χ3v) is 4.21. The maximum atomic E-state index is 13.0. The molecule has 1 N–H and O–H groups in total. The number of hydrogen-bond acceptors (Lipinski definition) is 4. The molecule has 0 radical (unpaired) electrons. The first-order valence-electron chi connectivity index (χ1n) is 8.38. The van der Waals surface area contributed by atoms with Crippen molar-refractivity contribution in [2.45, 2.75) is 13.0 Å². The third kappa shape index (κ3) is 3.07. The molecule has 1 aromatic carbocycles. The first-order chi connectivity index (χ1) is 12.7. The summed E-state index contributed by atoms with van der Waals surface area (Å²) in [7, 11) is 0. The Hall–Kier alpha value is -3.47. The molecule has 5 heteroatoms. The van der Waals surface area contributed by atoms with E-state index in [1.54, 1.807) is 24.6 Å². The molecule has 1 atom stereocenters. The Morgan fingerprint density at radius 3 is 2.69 bits per heavy atom. The standard InChI is InChI=1S/C21H17N3O2/c1-14(17-8-4-5-11-22-17)23-21(25)16-13-19(20-10-6-12-26-20)24-18-9-3-2-7-15(16)18/h2-14H,1H3,(H,23,25). The van der Waals surface area contributed by atoms with Crippen molar-refractivity contribution in [3.63, 3.8) is 0 Å². The first-order valence-corrected chi connectivity index (χ1v) is 8.38. The zero-order valence-electron chi connectivity index (χ0n) is 14.2. The Bertz CT molecular complexity index is 1040. The quantitative estimate of drug-likeness (QED) is 0.597. The van der Waals surface area contributed by atoms with E-state index in [1.165, 1.54) is 0 Å². The van der Waals surface area contributed by atoms with Gasteiger partial charge in [-0.3, -0.25) is 9.78 Å². The van der Waals surface area contributed by atoms with Gasteiger partial charge in [-0.15, -0.1) is 0 Å². The van der Waals surface area contributed by atoms with E-state index in [0.29, 0.717) is 17.0 Å². The Kier molecular flexibility index (Phi) is 4.19. The number of para-hydroxylation sites is 1. The van der Waals surface area contributed by atoms with Crippen LogP contribution in [-0.4, -0.2) is 15.9 Å². The van der Waals surface area contributed by atoms with Crippen LogP contribution in [0.3, 0.4) is 0 Å². The molecule has 1 unspecified atom stereocenters. The van der Waals surface area contributed by atoms with E-state index in [2.05, 4.69) is 15.3 Å². The zero-order valence-corrected chi connectivity index (χ0v) is 14.2. The van der Waals surface area contributed by atoms with Gasteiger partial charge in [0.2, 0.25) is 0 Å². The third-order valence-electron chi connectivity index (χ3n) is 4.21. The second kappa shape index (κ2) is 6.80. The number of aromatic nitrogens is 2. The van der Waals surface area contributed by atoms with Gasteiger partial charge >= 0.3 is 0 Å². The highest BCUT2D eigenvalue weighted by Gasteiger charge is 2.17. The molecule has 4 rings (SSSR count). The molecule has 0 spiro atoms. The summed E-state index contributed by atoms with van der Waals surface area (Å²) < 4.78 is 5.45. The molecule has 0 aliphatic rings. The van der Waals surface area contributed by atoms with Crippen LogP contribution >= 0.6 is 0 Å². The summed E-state index contributed by atoms with van der Waals surface area (Å²) in [5.74, 6) is 0.456. The second-order valence-corrected chi connectivity index (χ2v) is 6.00. The van der Waals surface area contributed by atoms with Crippen LogP contribution in [0.5, 0.6) is 0 Å². The molecule has 0 aliphatic heterocycles. The minimum atomic E-state index is -0.206. The van der Waals surface area contributed by atoms with Crippen LogP contribution < -0.4 is 5.32 Å². The molecule has 0 fully saturated rings. The van der Waals surface area contributed by atoms with Crippen LogP contribution in [0.25, 0.3) is 22.4 Å². The minimum absolute atomic E-state index is 0.172. The van der Waals surface area contributed by atoms with E-state index in [9.17, 15) is 4.79 Å². The summed E-state index contributed by atoms with van der Waals surface area (Å²) in [5, 5.41) is 3.82. The predicted molar refractivity (Wildman–Crippen MR) is 99.6 cm³/mol. The molecular weight excluding hydrogens is 326 g/mol. The van der Waals surface area contributed by atoms with Crippen molar-refractivity contribution in [2.24, 2.45) is 0 Å². The smallest absolute Gasteiger partial charge is 0.252 e. The Balaban J connectivity index is 1.73. The van der Waals surface area contributed by atoms with E-state index < -0.39 is 0 Å². The van der Waals surface area contributed by atoms with Crippen molar-refractivity contribution in [3.05, 3.63) is 84.4 Å². The van der Waals surface area contributed by atoms with Gasteiger partial charge in [0.1, 0.15) is 5.69 Å². The molecule has 26 heavy (non-hydrogen) atoms. The van der Waals surface area contributed by atoms with E-state index in [4.69, 9.17) is 4.42 Å². The fourth-order valence-corrected chi connectivity index (χ4v) is 2.89. The molecule has 3 heterocycles. The molecule has 1 amide bonds. The summed E-state index contributed by atoms with van der Waals surface area (Å²) in [6, 6.07) is 18.4. The molecular formula is C21H17N3O2. The normalized spacial score (nSPS) is 12.0. The summed E-state index contributed by atoms with van der Waals surface area (Å²) in [6.07, 6.45) is 3.31. The number of fused-ring (bicyclic) bond motifs is 1. The highest BCUT2D eigenvalue weighted by atomic mass is 16.3. The van der Waals surface area contributed by atoms with Crippen LogP contribution in [0.4, 0.5) is 0 Å². The average molecular weight is 343 g/mol. The van der Waals surface area contributed by atoms with Crippen LogP contribution in [0, 0.1) is 0 Å². The number of furan rings is 1. The highest BCUT2D eigenvalue weighted by Crippen LogP contribution is 2.25. The Morgan fingerprint density at radius 2 is 1.92 bits per heavy atom. The number of amides is 1. The van der Waals surface area contributed by atoms with Crippen molar-refractivity contribution in [2.75, 3.05) is 0 Å². The molecule has 0 aliphatic carbocycles. The van der Waals surface area contributed by atoms with Crippen molar-refractivity contribution in [1.82, 2.24) is 15.3 Å². The lowest BCUT2D eigenvalue weighted by molar-refractivity contribution is 0.0941. The SMILES string of the molecule is CC(NC(=O)c1cc(-c2ccco2)nc2ccccc12)c1ccccn1. The van der Waals surface area contributed by atoms with Gasteiger partial charge in [0.15, 0.2) is 5.76 Å². The van der Waals surface area contributed by atoms with Gasteiger partial charge in [-0.2, -0.15) is 0 Å². The maximum absolute atomic E-state index is 13.0. The van der Waals surface area contributed by atoms with Gasteiger partial charge in [-0.25, -0.2) is 4.98 Å². The summed E-state index contributed by atoms with van der Waals surface area (Å²) in [4.78, 5) is 21.9. The van der Waals surface area contributed by atoms with Gasteiger partial charge in [0.05, 0.1) is 29.1 Å². The van der Waals surface area contributed by atoms with Crippen LogP contribution in [-0.2, 0) is 0 Å². The maximum Gasteiger partial charge on any atom is 0.252 e. The summed E-state index contributed by atoms with van der Waals surface area (Å²) in [6.45, 7) is 1.91. The molecule has 0 bridgehead atoms. The lowest BCUT2D eigenvalue weighted by atomic mass is 10.1. The fourth-order valence-electron chi connectivity index (χ4n) is 2.89. The van der Waals surface area contributed by atoms with E-state index >= 15 is 0 Å². The van der Waals surface area contributed by atoms with Crippen molar-refractivity contribution in [3.8, 4) is 11.5 Å².